The molecule has 0 unspecified atom stereocenters. The zero-order valence-electron chi connectivity index (χ0n) is 22.6. The summed E-state index contributed by atoms with van der Waals surface area (Å²) in [5, 5.41) is 24.8. The molecule has 1 saturated heterocycles. The molecule has 5 heterocycles. The molecule has 218 valence electrons. The Balaban J connectivity index is 1.38. The van der Waals surface area contributed by atoms with E-state index in [1.54, 1.807) is 13.2 Å². The highest BCUT2D eigenvalue weighted by Gasteiger charge is 2.52. The summed E-state index contributed by atoms with van der Waals surface area (Å²) in [4.78, 5) is 25.8. The lowest BCUT2D eigenvalue weighted by Crippen LogP contribution is -2.59. The van der Waals surface area contributed by atoms with Crippen LogP contribution in [0.25, 0.3) is 0 Å². The zero-order chi connectivity index (χ0) is 30.0. The molecule has 2 N–H and O–H groups in total. The van der Waals surface area contributed by atoms with E-state index in [0.717, 1.165) is 28.0 Å². The number of anilines is 3. The Morgan fingerprint density at radius 3 is 2.50 bits per heavy atom. The van der Waals surface area contributed by atoms with Gasteiger partial charge in [-0.2, -0.15) is 15.6 Å². The minimum Gasteiger partial charge on any atom is -0.461 e. The third-order valence-corrected chi connectivity index (χ3v) is 9.84. The maximum Gasteiger partial charge on any atom is 0.360 e. The molecule has 0 radical (unpaired) electrons. The Bertz CT molecular complexity index is 1700. The van der Waals surface area contributed by atoms with E-state index in [9.17, 15) is 15.3 Å². The average molecular weight is 632 g/mol. The van der Waals surface area contributed by atoms with Crippen molar-refractivity contribution in [3.63, 3.8) is 0 Å². The van der Waals surface area contributed by atoms with Gasteiger partial charge >= 0.3 is 5.97 Å². The van der Waals surface area contributed by atoms with Crippen molar-refractivity contribution in [1.82, 2.24) is 19.7 Å². The van der Waals surface area contributed by atoms with Crippen LogP contribution in [0.4, 0.5) is 25.4 Å². The molecule has 1 aliphatic carbocycles. The molecular formula is C26H24ClF2N9O2S2. The third kappa shape index (κ3) is 4.42. The van der Waals surface area contributed by atoms with Gasteiger partial charge in [-0.3, -0.25) is 4.68 Å². The van der Waals surface area contributed by atoms with Gasteiger partial charge in [0.1, 0.15) is 29.2 Å². The highest BCUT2D eigenvalue weighted by Crippen LogP contribution is 2.53. The van der Waals surface area contributed by atoms with Gasteiger partial charge in [0, 0.05) is 23.4 Å². The van der Waals surface area contributed by atoms with Crippen molar-refractivity contribution in [2.24, 2.45) is 0 Å². The molecule has 0 atom stereocenters. The van der Waals surface area contributed by atoms with E-state index in [0.29, 0.717) is 34.6 Å². The fraction of sp³-hybridized carbons (Fsp3) is 0.462. The van der Waals surface area contributed by atoms with Gasteiger partial charge in [0.15, 0.2) is 22.5 Å². The average Bonchev–Trinajstić information content (AvgIpc) is 3.52. The largest absolute Gasteiger partial charge is 0.461 e. The summed E-state index contributed by atoms with van der Waals surface area (Å²) in [6.07, 6.45) is 3.43. The number of hydrogen-bond donors (Lipinski definition) is 1. The highest BCUT2D eigenvalue weighted by atomic mass is 35.5. The smallest absolute Gasteiger partial charge is 0.360 e. The monoisotopic (exact) mass is 631 g/mol. The molecule has 3 aromatic rings. The lowest BCUT2D eigenvalue weighted by molar-refractivity contribution is -0.00856. The number of nitrogen functional groups attached to an aromatic ring is 1. The van der Waals surface area contributed by atoms with E-state index in [2.05, 4.69) is 27.2 Å². The first kappa shape index (κ1) is 28.5. The molecule has 16 heteroatoms. The van der Waals surface area contributed by atoms with Gasteiger partial charge in [-0.25, -0.2) is 23.5 Å². The number of nitrogens with zero attached hydrogens (tertiary/aromatic N) is 8. The minimum atomic E-state index is -3.29. The first-order chi connectivity index (χ1) is 20.0. The number of hydrogen-bond acceptors (Lipinski definition) is 12. The normalized spacial score (nSPS) is 18.1. The van der Waals surface area contributed by atoms with Crippen LogP contribution in [-0.4, -0.2) is 64.1 Å². The third-order valence-electron chi connectivity index (χ3n) is 7.82. The van der Waals surface area contributed by atoms with Crippen LogP contribution < -0.4 is 15.5 Å². The van der Waals surface area contributed by atoms with Crippen molar-refractivity contribution in [1.29, 1.82) is 10.5 Å². The van der Waals surface area contributed by atoms with Crippen LogP contribution in [-0.2, 0) is 29.7 Å². The summed E-state index contributed by atoms with van der Waals surface area (Å²) in [6, 6.07) is 4.40. The van der Waals surface area contributed by atoms with Crippen LogP contribution in [0, 0.1) is 22.7 Å². The molecule has 6 rings (SSSR count). The standard InChI is InChI=1S/C26H24ClF2N9O2S2/c1-3-40-23(39)19-18(27)15-8-36(11-26(28,29)12-38(15)35-19)21-14(7-31)22(34-24(33-21)41-2)37-9-25(10-37)5-4-16-17(25)13(6-30)20(32)42-16/h3-5,8-12,32H2,1-2H3. The summed E-state index contributed by atoms with van der Waals surface area (Å²) in [7, 11) is 0. The summed E-state index contributed by atoms with van der Waals surface area (Å²) < 4.78 is 36.6. The first-order valence-electron chi connectivity index (χ1n) is 13.0. The Morgan fingerprint density at radius 1 is 1.17 bits per heavy atom. The van der Waals surface area contributed by atoms with E-state index in [1.807, 2.05) is 4.90 Å². The van der Waals surface area contributed by atoms with Crippen molar-refractivity contribution in [2.45, 2.75) is 49.3 Å². The maximum absolute atomic E-state index is 15.3. The fourth-order valence-electron chi connectivity index (χ4n) is 6.06. The van der Waals surface area contributed by atoms with Crippen LogP contribution >= 0.6 is 34.7 Å². The quantitative estimate of drug-likeness (QED) is 0.247. The van der Waals surface area contributed by atoms with E-state index >= 15 is 8.78 Å². The lowest BCUT2D eigenvalue weighted by Gasteiger charge is -2.49. The number of carbonyl (C=O) groups is 1. The van der Waals surface area contributed by atoms with Gasteiger partial charge in [-0.05, 0) is 31.6 Å². The highest BCUT2D eigenvalue weighted by molar-refractivity contribution is 7.98. The number of alkyl halides is 2. The number of fused-ring (bicyclic) bond motifs is 3. The molecule has 11 nitrogen and oxygen atoms in total. The number of carbonyl (C=O) groups excluding carboxylic acids is 1. The molecular weight excluding hydrogens is 608 g/mol. The number of rotatable bonds is 5. The summed E-state index contributed by atoms with van der Waals surface area (Å²) in [5.41, 5.74) is 7.32. The van der Waals surface area contributed by atoms with Gasteiger partial charge < -0.3 is 20.3 Å². The molecule has 0 bridgehead atoms. The number of esters is 1. The molecule has 1 spiro atoms. The first-order valence-corrected chi connectivity index (χ1v) is 15.4. The predicted molar refractivity (Wildman–Crippen MR) is 153 cm³/mol. The van der Waals surface area contributed by atoms with Crippen molar-refractivity contribution >= 4 is 57.3 Å². The number of thioether (sulfide) groups is 1. The Labute approximate surface area is 252 Å². The molecule has 0 saturated carbocycles. The Hall–Kier alpha value is -3.66. The summed E-state index contributed by atoms with van der Waals surface area (Å²) >= 11 is 9.15. The fourth-order valence-corrected chi connectivity index (χ4v) is 7.83. The second-order valence-electron chi connectivity index (χ2n) is 10.4. The molecule has 3 aromatic heterocycles. The van der Waals surface area contributed by atoms with Crippen LogP contribution in [0.3, 0.4) is 0 Å². The second kappa shape index (κ2) is 10.3. The molecule has 3 aliphatic rings. The zero-order valence-corrected chi connectivity index (χ0v) is 25.0. The Morgan fingerprint density at radius 2 is 1.86 bits per heavy atom. The second-order valence-corrected chi connectivity index (χ2v) is 12.7. The van der Waals surface area contributed by atoms with Crippen LogP contribution in [0.1, 0.15) is 51.1 Å². The minimum absolute atomic E-state index is 0.0421. The van der Waals surface area contributed by atoms with Gasteiger partial charge in [0.25, 0.3) is 5.92 Å². The van der Waals surface area contributed by atoms with E-state index in [4.69, 9.17) is 22.1 Å². The lowest BCUT2D eigenvalue weighted by atomic mass is 9.74. The number of aromatic nitrogens is 4. The van der Waals surface area contributed by atoms with Gasteiger partial charge in [0.05, 0.1) is 36.0 Å². The summed E-state index contributed by atoms with van der Waals surface area (Å²) in [6.45, 7) is 0.952. The number of nitrogens with two attached hydrogens (primary N) is 1. The topological polar surface area (TPSA) is 150 Å². The van der Waals surface area contributed by atoms with Crippen LogP contribution in [0.5, 0.6) is 0 Å². The SMILES string of the molecule is CCOC(=O)c1nn2c(c1Cl)CN(c1nc(SC)nc(N3CC4(CCc5sc(N)c(C#N)c54)C3)c1C#N)CC(F)(F)C2. The van der Waals surface area contributed by atoms with Crippen molar-refractivity contribution in [2.75, 3.05) is 48.0 Å². The molecule has 1 fully saturated rings. The molecule has 0 amide bonds. The molecule has 2 aliphatic heterocycles. The van der Waals surface area contributed by atoms with Gasteiger partial charge in [-0.1, -0.05) is 23.4 Å². The van der Waals surface area contributed by atoms with Gasteiger partial charge in [-0.15, -0.1) is 11.3 Å². The van der Waals surface area contributed by atoms with E-state index in [-0.39, 0.29) is 46.4 Å². The molecule has 42 heavy (non-hydrogen) atoms. The summed E-state index contributed by atoms with van der Waals surface area (Å²) in [5.74, 6) is -3.72. The van der Waals surface area contributed by atoms with E-state index in [1.165, 1.54) is 28.0 Å². The van der Waals surface area contributed by atoms with Crippen LogP contribution in [0.2, 0.25) is 5.02 Å². The predicted octanol–water partition coefficient (Wildman–Crippen LogP) is 3.97. The number of thiophene rings is 1. The van der Waals surface area contributed by atoms with Gasteiger partial charge in [0.2, 0.25) is 0 Å². The van der Waals surface area contributed by atoms with E-state index < -0.39 is 25.0 Å². The number of nitriles is 2. The number of ether oxygens (including phenoxy) is 1. The van der Waals surface area contributed by atoms with Crippen LogP contribution in [0.15, 0.2) is 5.16 Å². The van der Waals surface area contributed by atoms with Crippen molar-refractivity contribution in [3.05, 3.63) is 38.0 Å². The van der Waals surface area contributed by atoms with Crippen molar-refractivity contribution < 1.29 is 18.3 Å². The number of halogens is 3. The number of aryl methyl sites for hydroxylation is 1. The van der Waals surface area contributed by atoms with Crippen molar-refractivity contribution in [3.8, 4) is 12.1 Å². The molecule has 0 aromatic carbocycles. The maximum atomic E-state index is 15.3. The Kier molecular flexibility index (Phi) is 6.95.